The molecule has 6 nitrogen and oxygen atoms in total. The number of carbonyl (C=O) groups is 1. The monoisotopic (exact) mass is 343 g/mol. The number of aryl methyl sites for hydroxylation is 2. The summed E-state index contributed by atoms with van der Waals surface area (Å²) in [5.74, 6) is 1.73. The number of aromatic nitrogens is 1. The lowest BCUT2D eigenvalue weighted by atomic mass is 10.1. The molecule has 0 radical (unpaired) electrons. The first kappa shape index (κ1) is 17.5. The lowest BCUT2D eigenvalue weighted by Gasteiger charge is -2.34. The van der Waals surface area contributed by atoms with Gasteiger partial charge in [-0.05, 0) is 38.5 Å². The molecular weight excluding hydrogens is 318 g/mol. The predicted molar refractivity (Wildman–Crippen MR) is 94.5 cm³/mol. The van der Waals surface area contributed by atoms with E-state index in [2.05, 4.69) is 17.4 Å². The molecule has 1 amide bonds. The number of amides is 1. The summed E-state index contributed by atoms with van der Waals surface area (Å²) in [7, 11) is 0. The zero-order valence-electron chi connectivity index (χ0n) is 15.0. The van der Waals surface area contributed by atoms with Crippen LogP contribution >= 0.6 is 0 Å². The number of hydrogen-bond donors (Lipinski definition) is 1. The van der Waals surface area contributed by atoms with E-state index in [0.717, 1.165) is 48.0 Å². The Kier molecular flexibility index (Phi) is 5.38. The van der Waals surface area contributed by atoms with E-state index in [9.17, 15) is 4.79 Å². The number of carbonyl (C=O) groups excluding carboxylic acids is 1. The third-order valence-corrected chi connectivity index (χ3v) is 4.66. The Bertz CT molecular complexity index is 705. The second-order valence-corrected chi connectivity index (χ2v) is 6.55. The molecule has 134 valence electrons. The van der Waals surface area contributed by atoms with Crippen LogP contribution in [0.4, 0.5) is 0 Å². The van der Waals surface area contributed by atoms with Crippen molar-refractivity contribution in [3.63, 3.8) is 0 Å². The second kappa shape index (κ2) is 7.70. The van der Waals surface area contributed by atoms with E-state index in [1.54, 1.807) is 0 Å². The molecule has 2 aromatic rings. The molecule has 25 heavy (non-hydrogen) atoms. The van der Waals surface area contributed by atoms with Crippen molar-refractivity contribution in [1.82, 2.24) is 15.4 Å². The summed E-state index contributed by atoms with van der Waals surface area (Å²) in [5.41, 5.74) is 2.83. The summed E-state index contributed by atoms with van der Waals surface area (Å²) in [4.78, 5) is 14.4. The molecule has 0 unspecified atom stereocenters. The maximum Gasteiger partial charge on any atom is 0.227 e. The fraction of sp³-hybridized carbons (Fsp3) is 0.474. The molecule has 1 aliphatic heterocycles. The molecule has 0 aliphatic carbocycles. The molecule has 2 heterocycles. The standard InChI is InChI=1S/C19H25N3O3/c1-13-11-20-8-9-22(13)19(23)10-16-4-6-17(7-5-16)24-12-18-14(2)21-25-15(18)3/h4-7,13,20H,8-12H2,1-3H3/t13-/m0/s1. The molecule has 0 spiro atoms. The van der Waals surface area contributed by atoms with Crippen molar-refractivity contribution in [2.75, 3.05) is 19.6 Å². The minimum atomic E-state index is 0.179. The number of ether oxygens (including phenoxy) is 1. The van der Waals surface area contributed by atoms with E-state index in [-0.39, 0.29) is 11.9 Å². The first-order valence-corrected chi connectivity index (χ1v) is 8.68. The molecule has 1 atom stereocenters. The molecule has 3 rings (SSSR count). The van der Waals surface area contributed by atoms with Gasteiger partial charge in [0.05, 0.1) is 17.7 Å². The van der Waals surface area contributed by atoms with Gasteiger partial charge in [0.1, 0.15) is 18.1 Å². The summed E-state index contributed by atoms with van der Waals surface area (Å²) in [5, 5.41) is 7.23. The zero-order valence-corrected chi connectivity index (χ0v) is 15.0. The molecule has 1 saturated heterocycles. The van der Waals surface area contributed by atoms with Gasteiger partial charge in [0, 0.05) is 25.7 Å². The SMILES string of the molecule is Cc1noc(C)c1COc1ccc(CC(=O)N2CCNC[C@@H]2C)cc1. The molecule has 1 N–H and O–H groups in total. The highest BCUT2D eigenvalue weighted by molar-refractivity contribution is 5.79. The van der Waals surface area contributed by atoms with Crippen LogP contribution in [0.25, 0.3) is 0 Å². The van der Waals surface area contributed by atoms with Crippen molar-refractivity contribution in [3.05, 3.63) is 46.8 Å². The second-order valence-electron chi connectivity index (χ2n) is 6.55. The molecule has 1 aromatic carbocycles. The number of nitrogens with zero attached hydrogens (tertiary/aromatic N) is 2. The third kappa shape index (κ3) is 4.20. The van der Waals surface area contributed by atoms with Crippen LogP contribution in [0.2, 0.25) is 0 Å². The lowest BCUT2D eigenvalue weighted by molar-refractivity contribution is -0.133. The van der Waals surface area contributed by atoms with Crippen molar-refractivity contribution in [2.24, 2.45) is 0 Å². The fourth-order valence-corrected chi connectivity index (χ4v) is 3.05. The van der Waals surface area contributed by atoms with Crippen molar-refractivity contribution < 1.29 is 14.1 Å². The van der Waals surface area contributed by atoms with Crippen LogP contribution in [0.15, 0.2) is 28.8 Å². The van der Waals surface area contributed by atoms with E-state index in [1.165, 1.54) is 0 Å². The van der Waals surface area contributed by atoms with Crippen LogP contribution in [0, 0.1) is 13.8 Å². The van der Waals surface area contributed by atoms with E-state index < -0.39 is 0 Å². The largest absolute Gasteiger partial charge is 0.489 e. The van der Waals surface area contributed by atoms with Crippen molar-refractivity contribution in [3.8, 4) is 5.75 Å². The predicted octanol–water partition coefficient (Wildman–Crippen LogP) is 2.23. The lowest BCUT2D eigenvalue weighted by Crippen LogP contribution is -2.52. The number of nitrogens with one attached hydrogen (secondary N) is 1. The van der Waals surface area contributed by atoms with Gasteiger partial charge in [0.25, 0.3) is 0 Å². The number of piperazine rings is 1. The summed E-state index contributed by atoms with van der Waals surface area (Å²) >= 11 is 0. The van der Waals surface area contributed by atoms with Gasteiger partial charge >= 0.3 is 0 Å². The van der Waals surface area contributed by atoms with Gasteiger partial charge in [-0.15, -0.1) is 0 Å². The Hall–Kier alpha value is -2.34. The Morgan fingerprint density at radius 2 is 2.12 bits per heavy atom. The molecule has 6 heteroatoms. The maximum absolute atomic E-state index is 12.5. The first-order valence-electron chi connectivity index (χ1n) is 8.68. The Morgan fingerprint density at radius 3 is 2.76 bits per heavy atom. The van der Waals surface area contributed by atoms with Crippen LogP contribution in [0.5, 0.6) is 5.75 Å². The molecule has 1 aromatic heterocycles. The van der Waals surface area contributed by atoms with Crippen molar-refractivity contribution >= 4 is 5.91 Å². The average molecular weight is 343 g/mol. The van der Waals surface area contributed by atoms with Gasteiger partial charge in [-0.2, -0.15) is 0 Å². The van der Waals surface area contributed by atoms with E-state index in [0.29, 0.717) is 13.0 Å². The van der Waals surface area contributed by atoms with Gasteiger partial charge < -0.3 is 19.5 Å². The van der Waals surface area contributed by atoms with E-state index >= 15 is 0 Å². The van der Waals surface area contributed by atoms with Crippen LogP contribution in [0.1, 0.15) is 29.5 Å². The highest BCUT2D eigenvalue weighted by Gasteiger charge is 2.22. The fourth-order valence-electron chi connectivity index (χ4n) is 3.05. The number of benzene rings is 1. The number of hydrogen-bond acceptors (Lipinski definition) is 5. The Balaban J connectivity index is 1.56. The highest BCUT2D eigenvalue weighted by atomic mass is 16.5. The van der Waals surface area contributed by atoms with Crippen LogP contribution < -0.4 is 10.1 Å². The highest BCUT2D eigenvalue weighted by Crippen LogP contribution is 2.18. The van der Waals surface area contributed by atoms with Crippen LogP contribution in [0.3, 0.4) is 0 Å². The molecule has 1 fully saturated rings. The van der Waals surface area contributed by atoms with Gasteiger partial charge in [-0.1, -0.05) is 17.3 Å². The normalized spacial score (nSPS) is 17.6. The summed E-state index contributed by atoms with van der Waals surface area (Å²) in [6, 6.07) is 7.96. The quantitative estimate of drug-likeness (QED) is 0.902. The first-order chi connectivity index (χ1) is 12.0. The van der Waals surface area contributed by atoms with Crippen molar-refractivity contribution in [2.45, 2.75) is 39.8 Å². The summed E-state index contributed by atoms with van der Waals surface area (Å²) in [6.07, 6.45) is 0.425. The Morgan fingerprint density at radius 1 is 1.36 bits per heavy atom. The van der Waals surface area contributed by atoms with Gasteiger partial charge in [0.15, 0.2) is 0 Å². The molecule has 0 bridgehead atoms. The molecule has 1 aliphatic rings. The molecular formula is C19H25N3O3. The van der Waals surface area contributed by atoms with Crippen LogP contribution in [-0.2, 0) is 17.8 Å². The third-order valence-electron chi connectivity index (χ3n) is 4.66. The van der Waals surface area contributed by atoms with Gasteiger partial charge in [-0.3, -0.25) is 4.79 Å². The van der Waals surface area contributed by atoms with Crippen molar-refractivity contribution in [1.29, 1.82) is 0 Å². The van der Waals surface area contributed by atoms with E-state index in [4.69, 9.17) is 9.26 Å². The minimum Gasteiger partial charge on any atom is -0.489 e. The van der Waals surface area contributed by atoms with Gasteiger partial charge in [0.2, 0.25) is 5.91 Å². The average Bonchev–Trinajstić information content (AvgIpc) is 2.93. The summed E-state index contributed by atoms with van der Waals surface area (Å²) < 4.78 is 10.9. The zero-order chi connectivity index (χ0) is 17.8. The maximum atomic E-state index is 12.5. The van der Waals surface area contributed by atoms with Gasteiger partial charge in [-0.25, -0.2) is 0 Å². The van der Waals surface area contributed by atoms with Crippen LogP contribution in [-0.4, -0.2) is 41.6 Å². The smallest absolute Gasteiger partial charge is 0.227 e. The minimum absolute atomic E-state index is 0.179. The number of rotatable bonds is 5. The topological polar surface area (TPSA) is 67.6 Å². The summed E-state index contributed by atoms with van der Waals surface area (Å²) in [6.45, 7) is 8.79. The molecule has 0 saturated carbocycles. The Labute approximate surface area is 148 Å². The van der Waals surface area contributed by atoms with E-state index in [1.807, 2.05) is 43.0 Å².